The van der Waals surface area contributed by atoms with Crippen molar-refractivity contribution in [2.75, 3.05) is 5.32 Å². The lowest BCUT2D eigenvalue weighted by atomic mass is 10.2. The zero-order chi connectivity index (χ0) is 16.9. The summed E-state index contributed by atoms with van der Waals surface area (Å²) in [6.07, 6.45) is 0. The standard InChI is InChI=1S/C16H11F2N3O2S/c17-11-5-3-4-10(8-11)15(22)19-16-21-20-14(24-16)9-23-13-7-2-1-6-12(13)18/h1-8H,9H2,(H,19,21,22). The molecule has 24 heavy (non-hydrogen) atoms. The molecule has 1 heterocycles. The van der Waals surface area contributed by atoms with Gasteiger partial charge in [-0.05, 0) is 30.3 Å². The molecule has 0 aliphatic rings. The van der Waals surface area contributed by atoms with Crippen LogP contribution < -0.4 is 10.1 Å². The number of hydrogen-bond donors (Lipinski definition) is 1. The molecule has 0 fully saturated rings. The van der Waals surface area contributed by atoms with E-state index in [0.29, 0.717) is 5.01 Å². The van der Waals surface area contributed by atoms with E-state index in [-0.39, 0.29) is 23.1 Å². The fourth-order valence-corrected chi connectivity index (χ4v) is 2.51. The van der Waals surface area contributed by atoms with Gasteiger partial charge < -0.3 is 4.74 Å². The topological polar surface area (TPSA) is 64.1 Å². The number of anilines is 1. The molecule has 3 aromatic rings. The number of amides is 1. The van der Waals surface area contributed by atoms with E-state index in [2.05, 4.69) is 15.5 Å². The van der Waals surface area contributed by atoms with Crippen LogP contribution in [0.4, 0.5) is 13.9 Å². The summed E-state index contributed by atoms with van der Waals surface area (Å²) in [4.78, 5) is 12.0. The van der Waals surface area contributed by atoms with Gasteiger partial charge in [-0.2, -0.15) is 0 Å². The maximum atomic E-state index is 13.4. The van der Waals surface area contributed by atoms with Gasteiger partial charge in [-0.15, -0.1) is 10.2 Å². The lowest BCUT2D eigenvalue weighted by Gasteiger charge is -2.03. The number of hydrogen-bond acceptors (Lipinski definition) is 5. The highest BCUT2D eigenvalue weighted by Gasteiger charge is 2.11. The second-order valence-electron chi connectivity index (χ2n) is 4.68. The number of para-hydroxylation sites is 1. The molecule has 0 aliphatic heterocycles. The Morgan fingerprint density at radius 1 is 1.12 bits per heavy atom. The van der Waals surface area contributed by atoms with Crippen molar-refractivity contribution >= 4 is 22.4 Å². The van der Waals surface area contributed by atoms with Crippen LogP contribution in [0.1, 0.15) is 15.4 Å². The predicted octanol–water partition coefficient (Wildman–Crippen LogP) is 3.65. The number of ether oxygens (including phenoxy) is 1. The van der Waals surface area contributed by atoms with Crippen molar-refractivity contribution in [3.05, 3.63) is 70.7 Å². The molecule has 0 saturated heterocycles. The second kappa shape index (κ2) is 7.14. The van der Waals surface area contributed by atoms with Crippen molar-refractivity contribution in [3.63, 3.8) is 0 Å². The molecule has 3 rings (SSSR count). The molecular formula is C16H11F2N3O2S. The smallest absolute Gasteiger partial charge is 0.257 e. The Balaban J connectivity index is 1.61. The molecule has 5 nitrogen and oxygen atoms in total. The molecule has 0 bridgehead atoms. The van der Waals surface area contributed by atoms with Crippen molar-refractivity contribution < 1.29 is 18.3 Å². The lowest BCUT2D eigenvalue weighted by molar-refractivity contribution is 0.102. The van der Waals surface area contributed by atoms with Crippen molar-refractivity contribution in [1.82, 2.24) is 10.2 Å². The Morgan fingerprint density at radius 2 is 1.96 bits per heavy atom. The summed E-state index contributed by atoms with van der Waals surface area (Å²) >= 11 is 1.09. The van der Waals surface area contributed by atoms with Gasteiger partial charge in [-0.25, -0.2) is 8.78 Å². The Kier molecular flexibility index (Phi) is 4.76. The molecule has 122 valence electrons. The molecule has 0 atom stereocenters. The number of benzene rings is 2. The second-order valence-corrected chi connectivity index (χ2v) is 5.75. The number of carbonyl (C=O) groups is 1. The Bertz CT molecular complexity index is 870. The summed E-state index contributed by atoms with van der Waals surface area (Å²) in [6.45, 7) is 0.0223. The summed E-state index contributed by atoms with van der Waals surface area (Å²) in [5, 5.41) is 10.9. The quantitative estimate of drug-likeness (QED) is 0.765. The maximum Gasteiger partial charge on any atom is 0.257 e. The molecule has 8 heteroatoms. The van der Waals surface area contributed by atoms with Gasteiger partial charge in [-0.3, -0.25) is 10.1 Å². The summed E-state index contributed by atoms with van der Waals surface area (Å²) in [5.41, 5.74) is 0.175. The van der Waals surface area contributed by atoms with Crippen molar-refractivity contribution in [1.29, 1.82) is 0 Å². The number of nitrogens with one attached hydrogen (secondary N) is 1. The number of halogens is 2. The molecule has 1 amide bonds. The highest BCUT2D eigenvalue weighted by Crippen LogP contribution is 2.20. The molecule has 0 spiro atoms. The SMILES string of the molecule is O=C(Nc1nnc(COc2ccccc2F)s1)c1cccc(F)c1. The van der Waals surface area contributed by atoms with E-state index >= 15 is 0 Å². The van der Waals surface area contributed by atoms with E-state index in [4.69, 9.17) is 4.74 Å². The largest absolute Gasteiger partial charge is 0.483 e. The van der Waals surface area contributed by atoms with Crippen LogP contribution in [0.15, 0.2) is 48.5 Å². The average molecular weight is 347 g/mol. The highest BCUT2D eigenvalue weighted by molar-refractivity contribution is 7.15. The van der Waals surface area contributed by atoms with Gasteiger partial charge in [0.15, 0.2) is 16.6 Å². The fraction of sp³-hybridized carbons (Fsp3) is 0.0625. The highest BCUT2D eigenvalue weighted by atomic mass is 32.1. The zero-order valence-corrected chi connectivity index (χ0v) is 13.0. The third-order valence-electron chi connectivity index (χ3n) is 2.96. The van der Waals surface area contributed by atoms with Crippen LogP contribution in [0, 0.1) is 11.6 Å². The van der Waals surface area contributed by atoms with Crippen LogP contribution in [0.2, 0.25) is 0 Å². The summed E-state index contributed by atoms with van der Waals surface area (Å²) in [7, 11) is 0. The first-order valence-electron chi connectivity index (χ1n) is 6.88. The van der Waals surface area contributed by atoms with E-state index in [0.717, 1.165) is 17.4 Å². The zero-order valence-electron chi connectivity index (χ0n) is 12.2. The van der Waals surface area contributed by atoms with E-state index in [1.807, 2.05) is 0 Å². The van der Waals surface area contributed by atoms with Gasteiger partial charge in [0.1, 0.15) is 12.4 Å². The summed E-state index contributed by atoms with van der Waals surface area (Å²) in [6, 6.07) is 11.3. The van der Waals surface area contributed by atoms with Gasteiger partial charge in [0.05, 0.1) is 0 Å². The van der Waals surface area contributed by atoms with E-state index in [1.165, 1.54) is 30.3 Å². The first-order valence-corrected chi connectivity index (χ1v) is 7.70. The van der Waals surface area contributed by atoms with Crippen molar-refractivity contribution in [3.8, 4) is 5.75 Å². The van der Waals surface area contributed by atoms with Gasteiger partial charge in [0, 0.05) is 5.56 Å². The van der Waals surface area contributed by atoms with Gasteiger partial charge >= 0.3 is 0 Å². The van der Waals surface area contributed by atoms with Crippen LogP contribution in [0.3, 0.4) is 0 Å². The molecule has 2 aromatic carbocycles. The summed E-state index contributed by atoms with van der Waals surface area (Å²) < 4.78 is 31.9. The minimum atomic E-state index is -0.501. The third-order valence-corrected chi connectivity index (χ3v) is 3.77. The van der Waals surface area contributed by atoms with Crippen LogP contribution in [-0.2, 0) is 6.61 Å². The fourth-order valence-electron chi connectivity index (χ4n) is 1.86. The number of rotatable bonds is 5. The summed E-state index contributed by atoms with van der Waals surface area (Å²) in [5.74, 6) is -1.36. The van der Waals surface area contributed by atoms with E-state index in [1.54, 1.807) is 12.1 Å². The molecule has 1 N–H and O–H groups in total. The maximum absolute atomic E-state index is 13.4. The predicted molar refractivity (Wildman–Crippen MR) is 85.0 cm³/mol. The number of aromatic nitrogens is 2. The van der Waals surface area contributed by atoms with Gasteiger partial charge in [0.2, 0.25) is 5.13 Å². The monoisotopic (exact) mass is 347 g/mol. The molecule has 0 saturated carbocycles. The normalized spacial score (nSPS) is 10.4. The average Bonchev–Trinajstić information content (AvgIpc) is 3.01. The van der Waals surface area contributed by atoms with Crippen molar-refractivity contribution in [2.24, 2.45) is 0 Å². The minimum absolute atomic E-state index is 0.0223. The van der Waals surface area contributed by atoms with Crippen LogP contribution >= 0.6 is 11.3 Å². The minimum Gasteiger partial charge on any atom is -0.483 e. The molecule has 1 aromatic heterocycles. The molecule has 0 unspecified atom stereocenters. The van der Waals surface area contributed by atoms with Crippen LogP contribution in [-0.4, -0.2) is 16.1 Å². The Labute approximate surface area is 139 Å². The lowest BCUT2D eigenvalue weighted by Crippen LogP contribution is -2.11. The van der Waals surface area contributed by atoms with Gasteiger partial charge in [0.25, 0.3) is 5.91 Å². The Morgan fingerprint density at radius 3 is 2.75 bits per heavy atom. The van der Waals surface area contributed by atoms with Gasteiger partial charge in [-0.1, -0.05) is 29.5 Å². The molecule has 0 radical (unpaired) electrons. The first-order chi connectivity index (χ1) is 11.6. The van der Waals surface area contributed by atoms with Crippen molar-refractivity contribution in [2.45, 2.75) is 6.61 Å². The first kappa shape index (κ1) is 16.0. The van der Waals surface area contributed by atoms with E-state index in [9.17, 15) is 13.6 Å². The van der Waals surface area contributed by atoms with Crippen LogP contribution in [0.25, 0.3) is 0 Å². The molecular weight excluding hydrogens is 336 g/mol. The number of nitrogens with zero attached hydrogens (tertiary/aromatic N) is 2. The number of carbonyl (C=O) groups excluding carboxylic acids is 1. The molecule has 0 aliphatic carbocycles. The third kappa shape index (κ3) is 3.90. The Hall–Kier alpha value is -2.87. The van der Waals surface area contributed by atoms with Crippen LogP contribution in [0.5, 0.6) is 5.75 Å². The van der Waals surface area contributed by atoms with E-state index < -0.39 is 17.5 Å².